The first kappa shape index (κ1) is 31.3. The summed E-state index contributed by atoms with van der Waals surface area (Å²) in [6, 6.07) is 71.2. The molecule has 0 amide bonds. The van der Waals surface area contributed by atoms with E-state index in [0.29, 0.717) is 0 Å². The summed E-state index contributed by atoms with van der Waals surface area (Å²) in [4.78, 5) is 4.81. The minimum absolute atomic E-state index is 1.14. The fourth-order valence-corrected chi connectivity index (χ4v) is 11.8. The molecule has 1 aliphatic rings. The monoisotopic (exact) mass is 694 g/mol. The number of hydrogen-bond donors (Lipinski definition) is 0. The molecule has 0 saturated carbocycles. The fraction of sp³-hybridized carbons (Fsp3) is 0.0400. The van der Waals surface area contributed by atoms with E-state index in [1.807, 2.05) is 0 Å². The average Bonchev–Trinajstić information content (AvgIpc) is 3.22. The normalized spacial score (nSPS) is 12.9. The lowest BCUT2D eigenvalue weighted by atomic mass is 9.89. The molecule has 0 N–H and O–H groups in total. The predicted octanol–water partition coefficient (Wildman–Crippen LogP) is 12.9. The van der Waals surface area contributed by atoms with Crippen molar-refractivity contribution in [2.45, 2.75) is 13.1 Å². The minimum Gasteiger partial charge on any atom is -0.311 e. The molecular formula is C50H38N2Si. The SMILES string of the molecule is C[Si]1(C)c2cc(N(c3ccccc3)c3ccccc3)ccc2-c2cc3c4ccccc4c(N(c4ccccc4)c4ccccc4)cc3c3cccc1c23. The summed E-state index contributed by atoms with van der Waals surface area (Å²) >= 11 is 0. The Hall–Kier alpha value is -6.42. The van der Waals surface area contributed by atoms with E-state index in [9.17, 15) is 0 Å². The zero-order valence-corrected chi connectivity index (χ0v) is 30.9. The Bertz CT molecular complexity index is 2720. The summed E-state index contributed by atoms with van der Waals surface area (Å²) in [5.41, 5.74) is 9.67. The van der Waals surface area contributed by atoms with Crippen LogP contribution >= 0.6 is 0 Å². The molecule has 0 unspecified atom stereocenters. The van der Waals surface area contributed by atoms with Crippen molar-refractivity contribution in [1.82, 2.24) is 0 Å². The zero-order chi connectivity index (χ0) is 35.5. The Morgan fingerprint density at radius 2 is 0.811 bits per heavy atom. The topological polar surface area (TPSA) is 6.48 Å². The number of benzene rings is 9. The van der Waals surface area contributed by atoms with Crippen LogP contribution in [0.3, 0.4) is 0 Å². The molecule has 0 bridgehead atoms. The second-order valence-corrected chi connectivity index (χ2v) is 18.9. The zero-order valence-electron chi connectivity index (χ0n) is 29.9. The molecule has 10 rings (SSSR count). The highest BCUT2D eigenvalue weighted by atomic mass is 28.3. The summed E-state index contributed by atoms with van der Waals surface area (Å²) < 4.78 is 0. The van der Waals surface area contributed by atoms with Crippen LogP contribution in [0.4, 0.5) is 34.1 Å². The Morgan fingerprint density at radius 3 is 1.40 bits per heavy atom. The minimum atomic E-state index is -2.16. The van der Waals surface area contributed by atoms with Gasteiger partial charge in [0.1, 0.15) is 8.07 Å². The standard InChI is InChI=1S/C50H38N2Si/c1-53(2)48-29-17-28-43-45-34-47(52(37-22-11-5-12-23-37)38-24-13-6-14-25-38)41-27-16-15-26-40(41)44(45)33-46(50(43)48)42-31-30-39(32-49(42)53)51(35-18-7-3-8-19-35)36-20-9-4-10-21-36/h3-34H,1-2H3. The lowest BCUT2D eigenvalue weighted by Crippen LogP contribution is -2.56. The van der Waals surface area contributed by atoms with E-state index in [2.05, 4.69) is 217 Å². The highest BCUT2D eigenvalue weighted by Crippen LogP contribution is 2.46. The van der Waals surface area contributed by atoms with Crippen LogP contribution in [0.25, 0.3) is 43.4 Å². The van der Waals surface area contributed by atoms with Gasteiger partial charge >= 0.3 is 0 Å². The van der Waals surface area contributed by atoms with Gasteiger partial charge in [0.2, 0.25) is 0 Å². The summed E-state index contributed by atoms with van der Waals surface area (Å²) in [5.74, 6) is 0. The van der Waals surface area contributed by atoms with Gasteiger partial charge in [0, 0.05) is 33.8 Å². The molecule has 1 heterocycles. The number of rotatable bonds is 6. The van der Waals surface area contributed by atoms with Gasteiger partial charge in [0.05, 0.1) is 5.69 Å². The third kappa shape index (κ3) is 5.00. The lowest BCUT2D eigenvalue weighted by molar-refractivity contribution is 1.29. The molecule has 0 saturated heterocycles. The molecule has 0 spiro atoms. The van der Waals surface area contributed by atoms with Crippen molar-refractivity contribution >= 4 is 84.9 Å². The Balaban J connectivity index is 1.24. The van der Waals surface area contributed by atoms with Crippen molar-refractivity contribution in [3.8, 4) is 11.1 Å². The highest BCUT2D eigenvalue weighted by Gasteiger charge is 2.36. The summed E-state index contributed by atoms with van der Waals surface area (Å²) in [6.45, 7) is 5.07. The molecule has 53 heavy (non-hydrogen) atoms. The first-order chi connectivity index (χ1) is 26.1. The molecule has 9 aromatic carbocycles. The Labute approximate surface area is 311 Å². The summed E-state index contributed by atoms with van der Waals surface area (Å²) in [5, 5.41) is 10.8. The molecule has 0 aromatic heterocycles. The van der Waals surface area contributed by atoms with Crippen molar-refractivity contribution in [2.75, 3.05) is 9.80 Å². The summed E-state index contributed by atoms with van der Waals surface area (Å²) in [7, 11) is -2.16. The summed E-state index contributed by atoms with van der Waals surface area (Å²) in [6.07, 6.45) is 0. The second-order valence-electron chi connectivity index (χ2n) is 14.6. The van der Waals surface area contributed by atoms with E-state index in [1.54, 1.807) is 0 Å². The third-order valence-corrected chi connectivity index (χ3v) is 14.7. The second kappa shape index (κ2) is 12.4. The maximum atomic E-state index is 2.53. The van der Waals surface area contributed by atoms with Gasteiger partial charge in [0.15, 0.2) is 0 Å². The van der Waals surface area contributed by atoms with Crippen LogP contribution in [0.5, 0.6) is 0 Å². The van der Waals surface area contributed by atoms with Gasteiger partial charge < -0.3 is 9.80 Å². The molecule has 0 atom stereocenters. The van der Waals surface area contributed by atoms with Gasteiger partial charge in [-0.25, -0.2) is 0 Å². The number of anilines is 6. The van der Waals surface area contributed by atoms with Crippen LogP contribution in [0.15, 0.2) is 194 Å². The molecule has 1 aliphatic heterocycles. The first-order valence-corrected chi connectivity index (χ1v) is 21.4. The number of para-hydroxylation sites is 4. The third-order valence-electron chi connectivity index (χ3n) is 11.2. The van der Waals surface area contributed by atoms with Crippen molar-refractivity contribution in [3.63, 3.8) is 0 Å². The first-order valence-electron chi connectivity index (χ1n) is 18.4. The van der Waals surface area contributed by atoms with E-state index in [0.717, 1.165) is 22.7 Å². The molecule has 252 valence electrons. The predicted molar refractivity (Wildman–Crippen MR) is 231 cm³/mol. The van der Waals surface area contributed by atoms with Crippen molar-refractivity contribution in [3.05, 3.63) is 194 Å². The van der Waals surface area contributed by atoms with Crippen molar-refractivity contribution in [2.24, 2.45) is 0 Å². The fourth-order valence-electron chi connectivity index (χ4n) is 8.71. The van der Waals surface area contributed by atoms with E-state index in [-0.39, 0.29) is 0 Å². The lowest BCUT2D eigenvalue weighted by Gasteiger charge is -2.36. The van der Waals surface area contributed by atoms with Gasteiger partial charge in [-0.2, -0.15) is 0 Å². The van der Waals surface area contributed by atoms with E-state index in [4.69, 9.17) is 0 Å². The molecule has 2 nitrogen and oxygen atoms in total. The molecule has 0 fully saturated rings. The largest absolute Gasteiger partial charge is 0.311 e. The van der Waals surface area contributed by atoms with Crippen molar-refractivity contribution < 1.29 is 0 Å². The molecular weight excluding hydrogens is 657 g/mol. The molecule has 0 radical (unpaired) electrons. The van der Waals surface area contributed by atoms with Crippen LogP contribution < -0.4 is 20.2 Å². The van der Waals surface area contributed by atoms with Gasteiger partial charge in [0.25, 0.3) is 0 Å². The maximum absolute atomic E-state index is 2.53. The van der Waals surface area contributed by atoms with Gasteiger partial charge in [-0.15, -0.1) is 0 Å². The van der Waals surface area contributed by atoms with Crippen LogP contribution in [-0.4, -0.2) is 8.07 Å². The molecule has 0 aliphatic carbocycles. The highest BCUT2D eigenvalue weighted by molar-refractivity contribution is 7.03. The van der Waals surface area contributed by atoms with Gasteiger partial charge in [-0.1, -0.05) is 134 Å². The van der Waals surface area contributed by atoms with Crippen molar-refractivity contribution in [1.29, 1.82) is 0 Å². The van der Waals surface area contributed by atoms with Crippen LogP contribution in [0.2, 0.25) is 13.1 Å². The Morgan fingerprint density at radius 1 is 0.321 bits per heavy atom. The van der Waals surface area contributed by atoms with E-state index in [1.165, 1.54) is 65.2 Å². The Kier molecular flexibility index (Phi) is 7.31. The van der Waals surface area contributed by atoms with Crippen LogP contribution in [-0.2, 0) is 0 Å². The quantitative estimate of drug-likeness (QED) is 0.126. The van der Waals surface area contributed by atoms with Crippen LogP contribution in [0.1, 0.15) is 0 Å². The number of nitrogens with zero attached hydrogens (tertiary/aromatic N) is 2. The van der Waals surface area contributed by atoms with Crippen LogP contribution in [0, 0.1) is 0 Å². The van der Waals surface area contributed by atoms with Gasteiger partial charge in [-0.3, -0.25) is 0 Å². The average molecular weight is 695 g/mol. The van der Waals surface area contributed by atoms with E-state index >= 15 is 0 Å². The number of hydrogen-bond acceptors (Lipinski definition) is 2. The van der Waals surface area contributed by atoms with E-state index < -0.39 is 8.07 Å². The van der Waals surface area contributed by atoms with Gasteiger partial charge in [-0.05, 0) is 121 Å². The molecule has 9 aromatic rings. The molecule has 3 heteroatoms. The number of fused-ring (bicyclic) bond motifs is 6. The maximum Gasteiger partial charge on any atom is 0.113 e. The smallest absolute Gasteiger partial charge is 0.113 e.